The molecule has 131 valence electrons. The zero-order valence-corrected chi connectivity index (χ0v) is 14.6. The van der Waals surface area contributed by atoms with Crippen molar-refractivity contribution < 1.29 is 46.5 Å². The summed E-state index contributed by atoms with van der Waals surface area (Å²) in [6.07, 6.45) is 0. The van der Waals surface area contributed by atoms with Gasteiger partial charge in [0, 0.05) is 13.1 Å². The zero-order chi connectivity index (χ0) is 17.4. The predicted molar refractivity (Wildman–Crippen MR) is 73.5 cm³/mol. The third-order valence-electron chi connectivity index (χ3n) is 1.84. The first-order valence-corrected chi connectivity index (χ1v) is 6.70. The molecule has 0 bridgehead atoms. The van der Waals surface area contributed by atoms with E-state index in [0.29, 0.717) is 0 Å². The molecule has 0 aromatic heterocycles. The van der Waals surface area contributed by atoms with E-state index in [0.717, 1.165) is 0 Å². The van der Waals surface area contributed by atoms with E-state index in [9.17, 15) is 29.4 Å². The van der Waals surface area contributed by atoms with E-state index in [1.165, 1.54) is 0 Å². The van der Waals surface area contributed by atoms with Gasteiger partial charge in [-0.25, -0.2) is 0 Å². The summed E-state index contributed by atoms with van der Waals surface area (Å²) in [6.45, 7) is -0.379. The second kappa shape index (κ2) is 11.6. The molecule has 2 amide bonds. The zero-order valence-electron chi connectivity index (χ0n) is 10.7. The number of carboxylic acid groups (broad SMARTS) is 2. The van der Waals surface area contributed by atoms with Crippen molar-refractivity contribution in [3.63, 3.8) is 0 Å². The average molecular weight is 456 g/mol. The molecule has 0 aromatic carbocycles. The van der Waals surface area contributed by atoms with Gasteiger partial charge in [-0.3, -0.25) is 9.59 Å². The number of hydrogen-bond donors (Lipinski definition) is 2. The van der Waals surface area contributed by atoms with E-state index in [1.807, 2.05) is 0 Å². The largest absolute Gasteiger partial charge is 2.00 e. The number of carbonyl (C=O) groups is 4. The van der Waals surface area contributed by atoms with Crippen LogP contribution in [0.25, 0.3) is 0 Å². The molecule has 0 saturated carbocycles. The van der Waals surface area contributed by atoms with E-state index in [1.54, 1.807) is 0 Å². The van der Waals surface area contributed by atoms with Gasteiger partial charge < -0.3 is 30.4 Å². The van der Waals surface area contributed by atoms with Gasteiger partial charge in [-0.15, -0.1) is 0 Å². The minimum absolute atomic E-state index is 0. The number of hydrogen-bond acceptors (Lipinski definition) is 6. The number of aliphatic carboxylic acids is 2. The van der Waals surface area contributed by atoms with Crippen molar-refractivity contribution in [1.82, 2.24) is 10.6 Å². The van der Waals surface area contributed by atoms with Gasteiger partial charge in [0.25, 0.3) is 11.8 Å². The number of rotatable bonds is 7. The van der Waals surface area contributed by atoms with Crippen molar-refractivity contribution in [2.24, 2.45) is 0 Å². The van der Waals surface area contributed by atoms with Crippen LogP contribution in [0.1, 0.15) is 0 Å². The molecule has 0 aromatic rings. The van der Waals surface area contributed by atoms with Crippen LogP contribution < -0.4 is 20.8 Å². The summed E-state index contributed by atoms with van der Waals surface area (Å²) >= 11 is 21.1. The predicted octanol–water partition coefficient (Wildman–Crippen LogP) is -1.91. The summed E-state index contributed by atoms with van der Waals surface area (Å²) in [5.74, 6) is -5.69. The fourth-order valence-electron chi connectivity index (χ4n) is 0.886. The van der Waals surface area contributed by atoms with E-state index in [4.69, 9.17) is 46.4 Å². The monoisotopic (exact) mass is 453 g/mol. The van der Waals surface area contributed by atoms with Gasteiger partial charge >= 0.3 is 17.1 Å². The first-order valence-electron chi connectivity index (χ1n) is 5.19. The first kappa shape index (κ1) is 24.3. The molecule has 0 atom stereocenters. The molecule has 8 nitrogen and oxygen atoms in total. The Labute approximate surface area is 160 Å². The van der Waals surface area contributed by atoms with Gasteiger partial charge in [-0.05, 0) is 0 Å². The molecule has 0 aliphatic carbocycles. The molecule has 23 heavy (non-hydrogen) atoms. The summed E-state index contributed by atoms with van der Waals surface area (Å²) < 4.78 is 0. The van der Waals surface area contributed by atoms with Crippen LogP contribution in [-0.4, -0.2) is 36.8 Å². The van der Waals surface area contributed by atoms with Crippen LogP contribution in [0.15, 0.2) is 20.1 Å². The van der Waals surface area contributed by atoms with E-state index >= 15 is 0 Å². The summed E-state index contributed by atoms with van der Waals surface area (Å²) in [5, 5.41) is 21.4. The van der Waals surface area contributed by atoms with Crippen molar-refractivity contribution in [2.45, 2.75) is 0 Å². The summed E-state index contributed by atoms with van der Waals surface area (Å²) in [4.78, 5) is 43.4. The number of carbonyl (C=O) groups excluding carboxylic acids is 4. The van der Waals surface area contributed by atoms with Crippen molar-refractivity contribution >= 4 is 70.2 Å². The number of carboxylic acids is 2. The number of amides is 2. The van der Waals surface area contributed by atoms with Crippen molar-refractivity contribution in [2.75, 3.05) is 13.1 Å². The molecule has 0 aliphatic rings. The Bertz CT molecular complexity index is 528. The molecule has 0 fully saturated rings. The van der Waals surface area contributed by atoms with Gasteiger partial charge in [0.2, 0.25) is 0 Å². The maximum atomic E-state index is 11.3. The fraction of sp³-hybridized carbons (Fsp3) is 0.200. The summed E-state index contributed by atoms with van der Waals surface area (Å²) in [7, 11) is 0. The molecule has 0 heterocycles. The Morgan fingerprint density at radius 2 is 0.913 bits per heavy atom. The normalized spacial score (nSPS) is 12.2. The van der Waals surface area contributed by atoms with E-state index < -0.39 is 43.9 Å². The molecule has 2 N–H and O–H groups in total. The Kier molecular flexibility index (Phi) is 12.2. The Morgan fingerprint density at radius 1 is 0.652 bits per heavy atom. The van der Waals surface area contributed by atoms with Gasteiger partial charge in [0.15, 0.2) is 0 Å². The molecule has 0 unspecified atom stereocenters. The van der Waals surface area contributed by atoms with E-state index in [2.05, 4.69) is 10.6 Å². The Balaban J connectivity index is 0. The molecule has 0 saturated heterocycles. The smallest absolute Gasteiger partial charge is 0.544 e. The summed E-state index contributed by atoms with van der Waals surface area (Å²) in [6, 6.07) is 0. The van der Waals surface area contributed by atoms with Gasteiger partial charge in [0.05, 0.1) is 22.0 Å². The van der Waals surface area contributed by atoms with Gasteiger partial charge in [-0.2, -0.15) is 0 Å². The molecule has 1 radical (unpaired) electrons. The van der Waals surface area contributed by atoms with Gasteiger partial charge in [0.1, 0.15) is 10.1 Å². The standard InChI is InChI=1S/C10H8Cl4N2O6.Cu/c11-3(5(13)9(19)20)7(17)15-1-2-16-8(18)4(12)6(14)10(21)22;/h1-2H2,(H,15,17)(H,16,18)(H,19,20)(H,21,22);/q;+2/p-2/b5-3+,6-4+;. The van der Waals surface area contributed by atoms with Crippen LogP contribution in [0.4, 0.5) is 0 Å². The number of halogens is 4. The van der Waals surface area contributed by atoms with Crippen molar-refractivity contribution in [3.05, 3.63) is 20.1 Å². The van der Waals surface area contributed by atoms with Crippen LogP contribution in [0, 0.1) is 0 Å². The average Bonchev–Trinajstić information content (AvgIpc) is 2.47. The molecule has 13 heteroatoms. The third-order valence-corrected chi connectivity index (χ3v) is 3.44. The minimum Gasteiger partial charge on any atom is -0.544 e. The molecule has 0 rings (SSSR count). The molecular weight excluding hydrogens is 449 g/mol. The van der Waals surface area contributed by atoms with Crippen LogP contribution in [-0.2, 0) is 36.2 Å². The number of nitrogens with one attached hydrogen (secondary N) is 2. The Hall–Kier alpha value is -0.961. The van der Waals surface area contributed by atoms with E-state index in [-0.39, 0.29) is 30.2 Å². The van der Waals surface area contributed by atoms with Crippen LogP contribution in [0.3, 0.4) is 0 Å². The summed E-state index contributed by atoms with van der Waals surface area (Å²) in [5.41, 5.74) is 0. The minimum atomic E-state index is -1.83. The maximum absolute atomic E-state index is 11.3. The van der Waals surface area contributed by atoms with Crippen LogP contribution in [0.5, 0.6) is 0 Å². The molecule has 0 spiro atoms. The van der Waals surface area contributed by atoms with Crippen LogP contribution in [0.2, 0.25) is 0 Å². The van der Waals surface area contributed by atoms with Crippen LogP contribution >= 0.6 is 46.4 Å². The first-order chi connectivity index (χ1) is 10.1. The fourth-order valence-corrected chi connectivity index (χ4v) is 1.35. The second-order valence-electron chi connectivity index (χ2n) is 3.34. The second-order valence-corrected chi connectivity index (χ2v) is 4.85. The SMILES string of the molecule is O=C([O-])/C(Cl)=C(\Cl)C(=O)NCCNC(=O)/C(Cl)=C(\Cl)C(=O)[O-].[Cu+2]. The van der Waals surface area contributed by atoms with Crippen molar-refractivity contribution in [3.8, 4) is 0 Å². The molecular formula is C10H6Cl4CuN2O6. The third kappa shape index (κ3) is 8.45. The molecule has 0 aliphatic heterocycles. The topological polar surface area (TPSA) is 138 Å². The van der Waals surface area contributed by atoms with Gasteiger partial charge in [-0.1, -0.05) is 46.4 Å². The Morgan fingerprint density at radius 3 is 1.13 bits per heavy atom. The quantitative estimate of drug-likeness (QED) is 0.261. The van der Waals surface area contributed by atoms with Crippen molar-refractivity contribution in [1.29, 1.82) is 0 Å². The maximum Gasteiger partial charge on any atom is 2.00 e.